The topological polar surface area (TPSA) is 38.3 Å². The summed E-state index contributed by atoms with van der Waals surface area (Å²) in [5, 5.41) is 2.57. The van der Waals surface area contributed by atoms with Crippen LogP contribution in [0, 0.1) is 5.41 Å². The maximum Gasteiger partial charge on any atom is 0.416 e. The lowest BCUT2D eigenvalue weighted by Crippen LogP contribution is -2.46. The van der Waals surface area contributed by atoms with Gasteiger partial charge in [-0.1, -0.05) is 26.0 Å². The van der Waals surface area contributed by atoms with Crippen molar-refractivity contribution in [2.45, 2.75) is 26.1 Å². The molecule has 1 heterocycles. The Labute approximate surface area is 108 Å². The van der Waals surface area contributed by atoms with Gasteiger partial charge in [-0.25, -0.2) is 4.79 Å². The average molecular weight is 273 g/mol. The third kappa shape index (κ3) is 2.83. The molecule has 0 radical (unpaired) electrons. The normalized spacial score (nSPS) is 22.6. The van der Waals surface area contributed by atoms with Gasteiger partial charge in [0.2, 0.25) is 0 Å². The molecule has 3 nitrogen and oxygen atoms in total. The van der Waals surface area contributed by atoms with E-state index in [2.05, 4.69) is 5.32 Å². The second-order valence-corrected chi connectivity index (χ2v) is 5.27. The second kappa shape index (κ2) is 4.43. The summed E-state index contributed by atoms with van der Waals surface area (Å²) < 4.78 is 42.9. The number of nitrogens with one attached hydrogen (secondary N) is 1. The van der Waals surface area contributed by atoms with Gasteiger partial charge in [0.05, 0.1) is 11.6 Å². The minimum Gasteiger partial charge on any atom is -0.449 e. The van der Waals surface area contributed by atoms with Crippen LogP contribution in [0.3, 0.4) is 0 Å². The number of benzene rings is 1. The summed E-state index contributed by atoms with van der Waals surface area (Å²) in [5.41, 5.74) is -0.768. The van der Waals surface area contributed by atoms with Crippen molar-refractivity contribution in [1.29, 1.82) is 0 Å². The largest absolute Gasteiger partial charge is 0.449 e. The number of ether oxygens (including phenoxy) is 1. The molecule has 2 rings (SSSR count). The van der Waals surface area contributed by atoms with Crippen LogP contribution in [0.15, 0.2) is 24.3 Å². The fourth-order valence-corrected chi connectivity index (χ4v) is 2.12. The first-order chi connectivity index (χ1) is 8.70. The number of alkyl carbamates (subject to hydrolysis) is 1. The van der Waals surface area contributed by atoms with E-state index in [1.165, 1.54) is 6.07 Å². The molecule has 0 saturated carbocycles. The molecule has 19 heavy (non-hydrogen) atoms. The molecular weight excluding hydrogens is 259 g/mol. The van der Waals surface area contributed by atoms with Crippen molar-refractivity contribution in [3.05, 3.63) is 35.4 Å². The smallest absolute Gasteiger partial charge is 0.416 e. The van der Waals surface area contributed by atoms with E-state index in [1.54, 1.807) is 6.07 Å². The standard InChI is InChI=1S/C13H14F3NO2/c1-12(2)7-19-11(18)17-10(12)8-4-3-5-9(6-8)13(14,15)16/h3-6,10H,7H2,1-2H3,(H,17,18)/t10-/m0/s1. The summed E-state index contributed by atoms with van der Waals surface area (Å²) in [6.45, 7) is 3.83. The zero-order chi connectivity index (χ0) is 14.3. The first-order valence-corrected chi connectivity index (χ1v) is 5.80. The Balaban J connectivity index is 2.37. The van der Waals surface area contributed by atoms with E-state index in [4.69, 9.17) is 4.74 Å². The van der Waals surface area contributed by atoms with Crippen LogP contribution in [-0.2, 0) is 10.9 Å². The first-order valence-electron chi connectivity index (χ1n) is 5.80. The van der Waals surface area contributed by atoms with Crippen LogP contribution in [0.4, 0.5) is 18.0 Å². The number of cyclic esters (lactones) is 1. The number of hydrogen-bond donors (Lipinski definition) is 1. The van der Waals surface area contributed by atoms with Gasteiger partial charge < -0.3 is 10.1 Å². The molecule has 0 aromatic heterocycles. The highest BCUT2D eigenvalue weighted by Crippen LogP contribution is 2.38. The van der Waals surface area contributed by atoms with E-state index in [9.17, 15) is 18.0 Å². The highest BCUT2D eigenvalue weighted by atomic mass is 19.4. The summed E-state index contributed by atoms with van der Waals surface area (Å²) in [4.78, 5) is 11.3. The van der Waals surface area contributed by atoms with Crippen molar-refractivity contribution in [1.82, 2.24) is 5.32 Å². The van der Waals surface area contributed by atoms with Crippen LogP contribution < -0.4 is 5.32 Å². The highest BCUT2D eigenvalue weighted by Gasteiger charge is 2.39. The molecule has 1 aromatic carbocycles. The van der Waals surface area contributed by atoms with Gasteiger partial charge in [0.25, 0.3) is 0 Å². The van der Waals surface area contributed by atoms with E-state index in [1.807, 2.05) is 13.8 Å². The Morgan fingerprint density at radius 3 is 2.68 bits per heavy atom. The van der Waals surface area contributed by atoms with Crippen molar-refractivity contribution < 1.29 is 22.7 Å². The van der Waals surface area contributed by atoms with Crippen molar-refractivity contribution in [3.8, 4) is 0 Å². The van der Waals surface area contributed by atoms with Gasteiger partial charge in [0.1, 0.15) is 6.61 Å². The Hall–Kier alpha value is -1.72. The monoisotopic (exact) mass is 273 g/mol. The average Bonchev–Trinajstić information content (AvgIpc) is 2.31. The third-order valence-electron chi connectivity index (χ3n) is 3.17. The molecule has 0 aliphatic carbocycles. The molecule has 1 fully saturated rings. The summed E-state index contributed by atoms with van der Waals surface area (Å²) in [6, 6.07) is 4.50. The number of rotatable bonds is 1. The van der Waals surface area contributed by atoms with Crippen molar-refractivity contribution in [3.63, 3.8) is 0 Å². The minimum atomic E-state index is -4.39. The Kier molecular flexibility index (Phi) is 3.20. The molecule has 1 aliphatic rings. The molecule has 1 saturated heterocycles. The zero-order valence-electron chi connectivity index (χ0n) is 10.5. The van der Waals surface area contributed by atoms with Gasteiger partial charge >= 0.3 is 12.3 Å². The van der Waals surface area contributed by atoms with Crippen LogP contribution >= 0.6 is 0 Å². The van der Waals surface area contributed by atoms with E-state index < -0.39 is 29.3 Å². The number of carbonyl (C=O) groups excluding carboxylic acids is 1. The molecule has 0 spiro atoms. The number of halogens is 3. The molecule has 0 unspecified atom stereocenters. The van der Waals surface area contributed by atoms with Gasteiger partial charge in [0, 0.05) is 5.41 Å². The van der Waals surface area contributed by atoms with Crippen LogP contribution in [0.1, 0.15) is 31.0 Å². The van der Waals surface area contributed by atoms with Gasteiger partial charge in [-0.05, 0) is 17.7 Å². The second-order valence-electron chi connectivity index (χ2n) is 5.27. The molecular formula is C13H14F3NO2. The Morgan fingerprint density at radius 1 is 1.37 bits per heavy atom. The lowest BCUT2D eigenvalue weighted by molar-refractivity contribution is -0.137. The van der Waals surface area contributed by atoms with Gasteiger partial charge in [0.15, 0.2) is 0 Å². The van der Waals surface area contributed by atoms with Crippen molar-refractivity contribution in [2.24, 2.45) is 5.41 Å². The molecule has 1 aromatic rings. The summed E-state index contributed by atoms with van der Waals surface area (Å²) in [7, 11) is 0. The maximum atomic E-state index is 12.7. The van der Waals surface area contributed by atoms with Crippen LogP contribution in [-0.4, -0.2) is 12.7 Å². The number of alkyl halides is 3. The van der Waals surface area contributed by atoms with Crippen LogP contribution in [0.5, 0.6) is 0 Å². The van der Waals surface area contributed by atoms with Gasteiger partial charge in [-0.2, -0.15) is 13.2 Å². The highest BCUT2D eigenvalue weighted by molar-refractivity contribution is 5.69. The van der Waals surface area contributed by atoms with Gasteiger partial charge in [-0.15, -0.1) is 0 Å². The van der Waals surface area contributed by atoms with E-state index in [0.29, 0.717) is 5.56 Å². The Morgan fingerprint density at radius 2 is 2.05 bits per heavy atom. The molecule has 104 valence electrons. The first kappa shape index (κ1) is 13.7. The fourth-order valence-electron chi connectivity index (χ4n) is 2.12. The lowest BCUT2D eigenvalue weighted by Gasteiger charge is -2.38. The van der Waals surface area contributed by atoms with Crippen LogP contribution in [0.2, 0.25) is 0 Å². The SMILES string of the molecule is CC1(C)COC(=O)N[C@H]1c1cccc(C(F)(F)F)c1. The number of hydrogen-bond acceptors (Lipinski definition) is 2. The van der Waals surface area contributed by atoms with Crippen molar-refractivity contribution >= 4 is 6.09 Å². The maximum absolute atomic E-state index is 12.7. The zero-order valence-corrected chi connectivity index (χ0v) is 10.5. The molecule has 6 heteroatoms. The quantitative estimate of drug-likeness (QED) is 0.850. The molecule has 1 aliphatic heterocycles. The summed E-state index contributed by atoms with van der Waals surface area (Å²) >= 11 is 0. The number of carbonyl (C=O) groups is 1. The van der Waals surface area contributed by atoms with Crippen molar-refractivity contribution in [2.75, 3.05) is 6.61 Å². The lowest BCUT2D eigenvalue weighted by atomic mass is 9.80. The number of amides is 1. The Bertz CT molecular complexity index is 497. The third-order valence-corrected chi connectivity index (χ3v) is 3.17. The molecule has 1 atom stereocenters. The molecule has 1 amide bonds. The predicted octanol–water partition coefficient (Wildman–Crippen LogP) is 3.51. The van der Waals surface area contributed by atoms with E-state index in [0.717, 1.165) is 12.1 Å². The van der Waals surface area contributed by atoms with Crippen LogP contribution in [0.25, 0.3) is 0 Å². The van der Waals surface area contributed by atoms with E-state index in [-0.39, 0.29) is 6.61 Å². The fraction of sp³-hybridized carbons (Fsp3) is 0.462. The minimum absolute atomic E-state index is 0.166. The summed E-state index contributed by atoms with van der Waals surface area (Å²) in [5.74, 6) is 0. The predicted molar refractivity (Wildman–Crippen MR) is 62.4 cm³/mol. The molecule has 1 N–H and O–H groups in total. The van der Waals surface area contributed by atoms with Gasteiger partial charge in [-0.3, -0.25) is 0 Å². The molecule has 0 bridgehead atoms. The van der Waals surface area contributed by atoms with E-state index >= 15 is 0 Å². The summed E-state index contributed by atoms with van der Waals surface area (Å²) in [6.07, 6.45) is -5.00.